The Morgan fingerprint density at radius 1 is 1.12 bits per heavy atom. The first-order valence-corrected chi connectivity index (χ1v) is 13.0. The molecule has 6 rings (SSSR count). The molecular weight excluding hydrogens is 416 g/mol. The van der Waals surface area contributed by atoms with E-state index in [1.807, 2.05) is 0 Å². The van der Waals surface area contributed by atoms with Crippen LogP contribution >= 0.6 is 0 Å². The van der Waals surface area contributed by atoms with Gasteiger partial charge < -0.3 is 15.0 Å². The highest BCUT2D eigenvalue weighted by atomic mass is 16.5. The molecule has 7 nitrogen and oxygen atoms in total. The minimum Gasteiger partial charge on any atom is -0.461 e. The molecule has 4 saturated carbocycles. The van der Waals surface area contributed by atoms with E-state index in [1.165, 1.54) is 32.1 Å². The van der Waals surface area contributed by atoms with Gasteiger partial charge in [0.05, 0.1) is 6.61 Å². The van der Waals surface area contributed by atoms with Gasteiger partial charge in [-0.05, 0) is 87.9 Å². The van der Waals surface area contributed by atoms with Crippen LogP contribution in [0.1, 0.15) is 75.1 Å². The average Bonchev–Trinajstić information content (AvgIpc) is 2.77. The smallest absolute Gasteiger partial charge is 0.357 e. The minimum absolute atomic E-state index is 0.193. The normalized spacial score (nSPS) is 34.9. The van der Waals surface area contributed by atoms with E-state index in [9.17, 15) is 9.59 Å². The lowest BCUT2D eigenvalue weighted by molar-refractivity contribution is -0.127. The Morgan fingerprint density at radius 2 is 1.82 bits per heavy atom. The van der Waals surface area contributed by atoms with Crippen molar-refractivity contribution in [3.05, 3.63) is 17.6 Å². The fraction of sp³-hybridized carbons (Fsp3) is 0.769. The quantitative estimate of drug-likeness (QED) is 0.659. The van der Waals surface area contributed by atoms with Gasteiger partial charge in [-0.2, -0.15) is 0 Å². The lowest BCUT2D eigenvalue weighted by Crippen LogP contribution is -2.52. The Hall–Kier alpha value is -2.18. The monoisotopic (exact) mass is 454 g/mol. The number of aromatic nitrogens is 2. The number of amides is 1. The first-order valence-electron chi connectivity index (χ1n) is 13.0. The predicted molar refractivity (Wildman–Crippen MR) is 126 cm³/mol. The second-order valence-corrected chi connectivity index (χ2v) is 11.1. The van der Waals surface area contributed by atoms with Crippen LogP contribution in [-0.4, -0.2) is 47.6 Å². The topological polar surface area (TPSA) is 84.4 Å². The molecule has 4 aliphatic carbocycles. The zero-order valence-electron chi connectivity index (χ0n) is 20.3. The van der Waals surface area contributed by atoms with Crippen LogP contribution in [0.4, 0.5) is 5.82 Å². The van der Waals surface area contributed by atoms with Crippen molar-refractivity contribution in [3.63, 3.8) is 0 Å². The highest BCUT2D eigenvalue weighted by Crippen LogP contribution is 2.57. The van der Waals surface area contributed by atoms with E-state index in [4.69, 9.17) is 4.74 Å². The second kappa shape index (κ2) is 9.22. The lowest BCUT2D eigenvalue weighted by atomic mass is 9.51. The number of piperidine rings is 1. The van der Waals surface area contributed by atoms with Crippen molar-refractivity contribution in [2.24, 2.45) is 35.5 Å². The van der Waals surface area contributed by atoms with Gasteiger partial charge in [-0.1, -0.05) is 6.92 Å². The maximum atomic E-state index is 13.0. The zero-order valence-corrected chi connectivity index (χ0v) is 20.3. The summed E-state index contributed by atoms with van der Waals surface area (Å²) in [5.74, 6) is 5.56. The summed E-state index contributed by atoms with van der Waals surface area (Å²) in [6, 6.07) is 1.92. The van der Waals surface area contributed by atoms with E-state index in [2.05, 4.69) is 27.1 Å². The molecule has 33 heavy (non-hydrogen) atoms. The molecule has 7 heteroatoms. The van der Waals surface area contributed by atoms with Crippen molar-refractivity contribution in [3.8, 4) is 0 Å². The summed E-state index contributed by atoms with van der Waals surface area (Å²) in [7, 11) is 0. The standard InChI is InChI=1S/C26H38N4O3/c1-4-33-26(32)23-13-24(28-16(3)27-23)30-6-5-22(15(2)14-30)29-25(31)12-21-19-8-17-7-18(10-19)11-20(21)9-17/h13,15,17-22H,4-12,14H2,1-3H3,(H,29,31). The molecule has 1 aromatic rings. The summed E-state index contributed by atoms with van der Waals surface area (Å²) in [4.78, 5) is 36.2. The van der Waals surface area contributed by atoms with E-state index in [0.29, 0.717) is 30.0 Å². The van der Waals surface area contributed by atoms with Crippen molar-refractivity contribution in [2.45, 2.75) is 71.8 Å². The van der Waals surface area contributed by atoms with E-state index in [1.54, 1.807) is 19.9 Å². The Morgan fingerprint density at radius 3 is 2.45 bits per heavy atom. The molecule has 5 aliphatic rings. The molecule has 2 unspecified atom stereocenters. The van der Waals surface area contributed by atoms with Crippen LogP contribution in [0.25, 0.3) is 0 Å². The predicted octanol–water partition coefficient (Wildman–Crippen LogP) is 3.76. The van der Waals surface area contributed by atoms with Crippen molar-refractivity contribution in [1.29, 1.82) is 0 Å². The van der Waals surface area contributed by atoms with Crippen LogP contribution < -0.4 is 10.2 Å². The van der Waals surface area contributed by atoms with Gasteiger partial charge in [0, 0.05) is 31.6 Å². The van der Waals surface area contributed by atoms with Crippen molar-refractivity contribution in [1.82, 2.24) is 15.3 Å². The molecule has 1 aliphatic heterocycles. The molecule has 1 aromatic heterocycles. The molecule has 2 heterocycles. The van der Waals surface area contributed by atoms with Gasteiger partial charge in [-0.3, -0.25) is 4.79 Å². The first-order chi connectivity index (χ1) is 15.9. The molecular formula is C26H38N4O3. The fourth-order valence-electron chi connectivity index (χ4n) is 7.44. The van der Waals surface area contributed by atoms with Gasteiger partial charge in [0.25, 0.3) is 0 Å². The molecule has 1 amide bonds. The number of carbonyl (C=O) groups excluding carboxylic acids is 2. The van der Waals surface area contributed by atoms with E-state index >= 15 is 0 Å². The summed E-state index contributed by atoms with van der Waals surface area (Å²) in [6.45, 7) is 7.69. The van der Waals surface area contributed by atoms with E-state index in [0.717, 1.165) is 55.4 Å². The van der Waals surface area contributed by atoms with Gasteiger partial charge in [0.1, 0.15) is 11.6 Å². The Balaban J connectivity index is 1.17. The molecule has 2 atom stereocenters. The summed E-state index contributed by atoms with van der Waals surface area (Å²) >= 11 is 0. The van der Waals surface area contributed by atoms with Crippen LogP contribution in [-0.2, 0) is 9.53 Å². The number of nitrogens with zero attached hydrogens (tertiary/aromatic N) is 3. The number of carbonyl (C=O) groups is 2. The number of esters is 1. The molecule has 0 spiro atoms. The maximum Gasteiger partial charge on any atom is 0.357 e. The molecule has 1 saturated heterocycles. The van der Waals surface area contributed by atoms with Gasteiger partial charge >= 0.3 is 5.97 Å². The van der Waals surface area contributed by atoms with Crippen LogP contribution in [0.2, 0.25) is 0 Å². The third-order valence-corrected chi connectivity index (χ3v) is 8.73. The second-order valence-electron chi connectivity index (χ2n) is 11.1. The third kappa shape index (κ3) is 4.73. The van der Waals surface area contributed by atoms with Crippen LogP contribution in [0.3, 0.4) is 0 Å². The Bertz CT molecular complexity index is 876. The maximum absolute atomic E-state index is 13.0. The van der Waals surface area contributed by atoms with Crippen molar-refractivity contribution in [2.75, 3.05) is 24.6 Å². The highest BCUT2D eigenvalue weighted by Gasteiger charge is 2.48. The number of ether oxygens (including phenoxy) is 1. The van der Waals surface area contributed by atoms with Crippen LogP contribution in [0.5, 0.6) is 0 Å². The minimum atomic E-state index is -0.413. The SMILES string of the molecule is CCOC(=O)c1cc(N2CCC(NC(=O)CC3C4CC5CC(C4)CC3C5)C(C)C2)nc(C)n1. The summed E-state index contributed by atoms with van der Waals surface area (Å²) in [5, 5.41) is 3.38. The Labute approximate surface area is 197 Å². The number of nitrogens with one attached hydrogen (secondary N) is 1. The molecule has 4 bridgehead atoms. The van der Waals surface area contributed by atoms with Gasteiger partial charge in [-0.25, -0.2) is 14.8 Å². The van der Waals surface area contributed by atoms with Gasteiger partial charge in [0.15, 0.2) is 5.69 Å². The molecule has 0 radical (unpaired) electrons. The summed E-state index contributed by atoms with van der Waals surface area (Å²) in [5.41, 5.74) is 0.304. The van der Waals surface area contributed by atoms with E-state index in [-0.39, 0.29) is 11.9 Å². The first kappa shape index (κ1) is 22.6. The van der Waals surface area contributed by atoms with Gasteiger partial charge in [-0.15, -0.1) is 0 Å². The molecule has 0 aromatic carbocycles. The Kier molecular flexibility index (Phi) is 6.32. The molecule has 180 valence electrons. The number of anilines is 1. The summed E-state index contributed by atoms with van der Waals surface area (Å²) in [6.07, 6.45) is 8.52. The fourth-order valence-corrected chi connectivity index (χ4v) is 7.44. The lowest BCUT2D eigenvalue weighted by Gasteiger charge is -2.54. The van der Waals surface area contributed by atoms with Gasteiger partial charge in [0.2, 0.25) is 5.91 Å². The highest BCUT2D eigenvalue weighted by molar-refractivity contribution is 5.88. The number of hydrogen-bond acceptors (Lipinski definition) is 6. The number of hydrogen-bond donors (Lipinski definition) is 1. The van der Waals surface area contributed by atoms with Crippen molar-refractivity contribution >= 4 is 17.7 Å². The average molecular weight is 455 g/mol. The number of rotatable bonds is 6. The molecule has 1 N–H and O–H groups in total. The largest absolute Gasteiger partial charge is 0.461 e. The number of aryl methyl sites for hydroxylation is 1. The summed E-state index contributed by atoms with van der Waals surface area (Å²) < 4.78 is 5.11. The van der Waals surface area contributed by atoms with Crippen molar-refractivity contribution < 1.29 is 14.3 Å². The van der Waals surface area contributed by atoms with E-state index < -0.39 is 5.97 Å². The van der Waals surface area contributed by atoms with Crippen LogP contribution in [0.15, 0.2) is 6.07 Å². The molecule has 5 fully saturated rings. The van der Waals surface area contributed by atoms with Crippen LogP contribution in [0, 0.1) is 42.4 Å². The third-order valence-electron chi connectivity index (χ3n) is 8.73. The zero-order chi connectivity index (χ0) is 23.1.